The van der Waals surface area contributed by atoms with Crippen LogP contribution in [-0.2, 0) is 0 Å². The summed E-state index contributed by atoms with van der Waals surface area (Å²) in [4.78, 5) is 0. The van der Waals surface area contributed by atoms with E-state index in [1.807, 2.05) is 11.3 Å². The van der Waals surface area contributed by atoms with Gasteiger partial charge in [-0.15, -0.1) is 11.3 Å². The standard InChI is InChI=1S/C54H36N2SSi/c1-4-18-37(19-5-1)55-46-28-13-10-24-41(46)42-35-34-38(36-49(42)55)56-47-29-14-11-26-45(47)53-48(56)30-17-32-51(53)58(39-20-6-2-7-21-39,40-22-8-3-9-23-40)52-33-16-27-44-43-25-12-15-31-50(43)57-54(44)52/h1-36H. The Kier molecular flexibility index (Phi) is 7.46. The zero-order chi connectivity index (χ0) is 38.2. The highest BCUT2D eigenvalue weighted by molar-refractivity contribution is 7.31. The third-order valence-corrected chi connectivity index (χ3v) is 18.5. The molecule has 0 unspecified atom stereocenters. The zero-order valence-corrected chi connectivity index (χ0v) is 33.4. The Bertz CT molecular complexity index is 3470. The van der Waals surface area contributed by atoms with E-state index in [-0.39, 0.29) is 0 Å². The van der Waals surface area contributed by atoms with Crippen molar-refractivity contribution in [2.24, 2.45) is 0 Å². The van der Waals surface area contributed by atoms with E-state index < -0.39 is 8.07 Å². The van der Waals surface area contributed by atoms with E-state index in [0.29, 0.717) is 0 Å². The largest absolute Gasteiger partial charge is 0.309 e. The smallest absolute Gasteiger partial charge is 0.181 e. The highest BCUT2D eigenvalue weighted by atomic mass is 32.1. The molecule has 0 aliphatic rings. The number of thiophene rings is 1. The fourth-order valence-electron chi connectivity index (χ4n) is 9.92. The maximum Gasteiger partial charge on any atom is 0.181 e. The third-order valence-electron chi connectivity index (χ3n) is 12.3. The minimum atomic E-state index is -3.02. The first-order valence-electron chi connectivity index (χ1n) is 19.9. The number of fused-ring (bicyclic) bond motifs is 9. The van der Waals surface area contributed by atoms with Crippen LogP contribution in [-0.4, -0.2) is 17.2 Å². The second-order valence-corrected chi connectivity index (χ2v) is 20.0. The molecule has 4 heteroatoms. The minimum absolute atomic E-state index is 1.15. The van der Waals surface area contributed by atoms with Gasteiger partial charge in [0.25, 0.3) is 0 Å². The number of aromatic nitrogens is 2. The summed E-state index contributed by atoms with van der Waals surface area (Å²) in [6.07, 6.45) is 0. The predicted octanol–water partition coefficient (Wildman–Crippen LogP) is 11.6. The lowest BCUT2D eigenvalue weighted by Crippen LogP contribution is -2.75. The first-order valence-corrected chi connectivity index (χ1v) is 22.8. The van der Waals surface area contributed by atoms with Gasteiger partial charge in [-0.3, -0.25) is 0 Å². The molecule has 2 nitrogen and oxygen atoms in total. The van der Waals surface area contributed by atoms with Crippen LogP contribution >= 0.6 is 11.3 Å². The predicted molar refractivity (Wildman–Crippen MR) is 252 cm³/mol. The molecular formula is C54H36N2SSi. The molecule has 0 atom stereocenters. The molecule has 0 aliphatic heterocycles. The molecular weight excluding hydrogens is 737 g/mol. The molecule has 58 heavy (non-hydrogen) atoms. The number of hydrogen-bond acceptors (Lipinski definition) is 1. The van der Waals surface area contributed by atoms with E-state index >= 15 is 0 Å². The fourth-order valence-corrected chi connectivity index (χ4v) is 16.7. The van der Waals surface area contributed by atoms with Crippen LogP contribution < -0.4 is 20.7 Å². The van der Waals surface area contributed by atoms with Crippen molar-refractivity contribution in [2.75, 3.05) is 0 Å². The number of nitrogens with zero attached hydrogens (tertiary/aromatic N) is 2. The average Bonchev–Trinajstić information content (AvgIpc) is 3.96. The Labute approximate surface area is 341 Å². The Balaban J connectivity index is 1.22. The Morgan fingerprint density at radius 1 is 0.328 bits per heavy atom. The maximum atomic E-state index is 2.51. The number of benzene rings is 9. The van der Waals surface area contributed by atoms with Crippen molar-refractivity contribution in [1.82, 2.24) is 9.13 Å². The first kappa shape index (κ1) is 33.2. The van der Waals surface area contributed by atoms with Crippen LogP contribution in [0.1, 0.15) is 0 Å². The van der Waals surface area contributed by atoms with Crippen LogP contribution in [0, 0.1) is 0 Å². The zero-order valence-electron chi connectivity index (χ0n) is 31.6. The summed E-state index contributed by atoms with van der Waals surface area (Å²) < 4.78 is 7.63. The Hall–Kier alpha value is -6.98. The van der Waals surface area contributed by atoms with Crippen molar-refractivity contribution >= 4 is 104 Å². The van der Waals surface area contributed by atoms with Gasteiger partial charge in [-0.1, -0.05) is 170 Å². The van der Waals surface area contributed by atoms with Crippen LogP contribution in [0.15, 0.2) is 218 Å². The Morgan fingerprint density at radius 2 is 0.845 bits per heavy atom. The molecule has 9 aromatic carbocycles. The van der Waals surface area contributed by atoms with Gasteiger partial charge < -0.3 is 9.13 Å². The summed E-state index contributed by atoms with van der Waals surface area (Å²) in [5, 5.41) is 13.3. The molecule has 3 heterocycles. The molecule has 12 aromatic rings. The molecule has 272 valence electrons. The molecule has 3 aromatic heterocycles. The van der Waals surface area contributed by atoms with Gasteiger partial charge in [-0.25, -0.2) is 0 Å². The van der Waals surface area contributed by atoms with Crippen molar-refractivity contribution in [3.8, 4) is 11.4 Å². The normalized spacial score (nSPS) is 12.1. The molecule has 0 radical (unpaired) electrons. The molecule has 0 spiro atoms. The van der Waals surface area contributed by atoms with Crippen molar-refractivity contribution in [3.05, 3.63) is 218 Å². The van der Waals surface area contributed by atoms with E-state index in [1.54, 1.807) is 0 Å². The molecule has 0 amide bonds. The maximum absolute atomic E-state index is 3.02. The summed E-state index contributed by atoms with van der Waals surface area (Å²) in [6, 6.07) is 81.5. The number of rotatable bonds is 6. The van der Waals surface area contributed by atoms with Gasteiger partial charge in [0, 0.05) is 53.1 Å². The summed E-state index contributed by atoms with van der Waals surface area (Å²) in [6.45, 7) is 0. The van der Waals surface area contributed by atoms with Gasteiger partial charge in [-0.05, 0) is 69.3 Å². The average molecular weight is 773 g/mol. The van der Waals surface area contributed by atoms with Gasteiger partial charge in [0.05, 0.1) is 22.1 Å². The van der Waals surface area contributed by atoms with Crippen LogP contribution in [0.4, 0.5) is 0 Å². The summed E-state index contributed by atoms with van der Waals surface area (Å²) >= 11 is 1.94. The van der Waals surface area contributed by atoms with Gasteiger partial charge in [-0.2, -0.15) is 0 Å². The molecule has 0 saturated carbocycles. The fraction of sp³-hybridized carbons (Fsp3) is 0. The monoisotopic (exact) mass is 772 g/mol. The van der Waals surface area contributed by atoms with Crippen molar-refractivity contribution < 1.29 is 0 Å². The van der Waals surface area contributed by atoms with E-state index in [4.69, 9.17) is 0 Å². The SMILES string of the molecule is c1ccc(-n2c3ccccc3c3ccc(-n4c5ccccc5c5c([Si](c6ccccc6)(c6ccccc6)c6cccc7c6sc6ccccc67)cccc54)cc32)cc1. The number of para-hydroxylation sites is 3. The van der Waals surface area contributed by atoms with E-state index in [0.717, 1.165) is 11.4 Å². The highest BCUT2D eigenvalue weighted by Gasteiger charge is 2.44. The lowest BCUT2D eigenvalue weighted by molar-refractivity contribution is 1.15. The quantitative estimate of drug-likeness (QED) is 0.118. The van der Waals surface area contributed by atoms with Gasteiger partial charge >= 0.3 is 0 Å². The molecule has 0 bridgehead atoms. The van der Waals surface area contributed by atoms with Crippen LogP contribution in [0.3, 0.4) is 0 Å². The second kappa shape index (κ2) is 13.0. The topological polar surface area (TPSA) is 9.86 Å². The van der Waals surface area contributed by atoms with Gasteiger partial charge in [0.15, 0.2) is 8.07 Å². The molecule has 12 rings (SSSR count). The van der Waals surface area contributed by atoms with Crippen LogP contribution in [0.25, 0.3) is 75.2 Å². The molecule has 0 saturated heterocycles. The molecule has 0 N–H and O–H groups in total. The minimum Gasteiger partial charge on any atom is -0.309 e. The Morgan fingerprint density at radius 3 is 1.59 bits per heavy atom. The van der Waals surface area contributed by atoms with Gasteiger partial charge in [0.1, 0.15) is 0 Å². The highest BCUT2D eigenvalue weighted by Crippen LogP contribution is 2.38. The lowest BCUT2D eigenvalue weighted by atomic mass is 10.1. The molecule has 0 aliphatic carbocycles. The van der Waals surface area contributed by atoms with Crippen LogP contribution in [0.2, 0.25) is 0 Å². The number of hydrogen-bond donors (Lipinski definition) is 0. The third kappa shape index (κ3) is 4.70. The van der Waals surface area contributed by atoms with Crippen molar-refractivity contribution in [2.45, 2.75) is 0 Å². The van der Waals surface area contributed by atoms with Gasteiger partial charge in [0.2, 0.25) is 0 Å². The van der Waals surface area contributed by atoms with E-state index in [2.05, 4.69) is 228 Å². The summed E-state index contributed by atoms with van der Waals surface area (Å²) in [7, 11) is -3.02. The van der Waals surface area contributed by atoms with Crippen LogP contribution in [0.5, 0.6) is 0 Å². The first-order chi connectivity index (χ1) is 28.8. The summed E-state index contributed by atoms with van der Waals surface area (Å²) in [5.41, 5.74) is 7.13. The summed E-state index contributed by atoms with van der Waals surface area (Å²) in [5.74, 6) is 0. The van der Waals surface area contributed by atoms with Crippen molar-refractivity contribution in [1.29, 1.82) is 0 Å². The second-order valence-electron chi connectivity index (χ2n) is 15.2. The lowest BCUT2D eigenvalue weighted by Gasteiger charge is -2.35. The van der Waals surface area contributed by atoms with E-state index in [9.17, 15) is 0 Å². The molecule has 0 fully saturated rings. The van der Waals surface area contributed by atoms with Crippen molar-refractivity contribution in [3.63, 3.8) is 0 Å². The van der Waals surface area contributed by atoms with E-state index in [1.165, 1.54) is 84.5 Å².